The van der Waals surface area contributed by atoms with Gasteiger partial charge in [0.2, 0.25) is 0 Å². The third-order valence-corrected chi connectivity index (χ3v) is 6.15. The summed E-state index contributed by atoms with van der Waals surface area (Å²) in [4.78, 5) is 24.0. The molecule has 0 unspecified atom stereocenters. The molecule has 1 N–H and O–H groups in total. The molecule has 0 aliphatic heterocycles. The Balaban J connectivity index is 1.32. The minimum atomic E-state index is -0.185. The average Bonchev–Trinajstić information content (AvgIpc) is 3.10. The van der Waals surface area contributed by atoms with Crippen LogP contribution in [-0.2, 0) is 14.3 Å². The average molecular weight is 321 g/mol. The molecular formula is C19H31NO3. The summed E-state index contributed by atoms with van der Waals surface area (Å²) in [6.07, 6.45) is 14.0. The van der Waals surface area contributed by atoms with Gasteiger partial charge in [-0.3, -0.25) is 9.59 Å². The Morgan fingerprint density at radius 1 is 0.913 bits per heavy atom. The molecule has 0 saturated heterocycles. The van der Waals surface area contributed by atoms with Crippen LogP contribution in [0.15, 0.2) is 0 Å². The van der Waals surface area contributed by atoms with Gasteiger partial charge in [-0.1, -0.05) is 38.5 Å². The van der Waals surface area contributed by atoms with Crippen LogP contribution in [0.3, 0.4) is 0 Å². The van der Waals surface area contributed by atoms with E-state index in [0.717, 1.165) is 24.7 Å². The van der Waals surface area contributed by atoms with Gasteiger partial charge in [-0.15, -0.1) is 0 Å². The van der Waals surface area contributed by atoms with E-state index < -0.39 is 0 Å². The van der Waals surface area contributed by atoms with E-state index >= 15 is 0 Å². The first-order valence-electron chi connectivity index (χ1n) is 9.65. The van der Waals surface area contributed by atoms with Gasteiger partial charge >= 0.3 is 5.97 Å². The molecule has 0 aromatic rings. The first-order chi connectivity index (χ1) is 11.2. The Morgan fingerprint density at radius 2 is 1.65 bits per heavy atom. The minimum absolute atomic E-state index is 0.101. The van der Waals surface area contributed by atoms with Crippen molar-refractivity contribution in [1.29, 1.82) is 0 Å². The molecule has 3 aliphatic carbocycles. The Kier molecular flexibility index (Phi) is 5.96. The maximum absolute atomic E-state index is 12.0. The fourth-order valence-electron chi connectivity index (χ4n) is 4.92. The molecule has 4 nitrogen and oxygen atoms in total. The lowest BCUT2D eigenvalue weighted by atomic mass is 9.86. The fourth-order valence-corrected chi connectivity index (χ4v) is 4.92. The summed E-state index contributed by atoms with van der Waals surface area (Å²) in [5.74, 6) is 1.78. The van der Waals surface area contributed by atoms with Gasteiger partial charge in [0.05, 0.1) is 0 Å². The Morgan fingerprint density at radius 3 is 2.30 bits per heavy atom. The van der Waals surface area contributed by atoms with Crippen molar-refractivity contribution >= 4 is 11.9 Å². The van der Waals surface area contributed by atoms with Gasteiger partial charge in [-0.05, 0) is 49.9 Å². The van der Waals surface area contributed by atoms with E-state index in [-0.39, 0.29) is 24.5 Å². The normalized spacial score (nSPS) is 31.4. The van der Waals surface area contributed by atoms with Crippen LogP contribution in [0.4, 0.5) is 0 Å². The number of carbonyl (C=O) groups is 2. The molecule has 0 radical (unpaired) electrons. The zero-order valence-electron chi connectivity index (χ0n) is 14.2. The Hall–Kier alpha value is -1.06. The molecule has 0 spiro atoms. The van der Waals surface area contributed by atoms with E-state index in [0.29, 0.717) is 12.3 Å². The first-order valence-corrected chi connectivity index (χ1v) is 9.65. The Bertz CT molecular complexity index is 415. The molecule has 3 atom stereocenters. The molecule has 0 aromatic heterocycles. The van der Waals surface area contributed by atoms with Gasteiger partial charge in [0.25, 0.3) is 5.91 Å². The molecule has 3 saturated carbocycles. The van der Waals surface area contributed by atoms with Crippen molar-refractivity contribution in [1.82, 2.24) is 5.32 Å². The number of hydrogen-bond donors (Lipinski definition) is 1. The standard InChI is InChI=1S/C19H31NO3/c21-18(20-17-6-4-2-1-3-5-7-17)13-23-19(22)12-16-11-14-8-9-15(16)10-14/h14-17H,1-13H2,(H,20,21)/t14-,15+,16+/m1/s1. The van der Waals surface area contributed by atoms with Crippen LogP contribution >= 0.6 is 0 Å². The van der Waals surface area contributed by atoms with Gasteiger partial charge in [-0.25, -0.2) is 0 Å². The van der Waals surface area contributed by atoms with Crippen LogP contribution < -0.4 is 5.32 Å². The van der Waals surface area contributed by atoms with Crippen molar-refractivity contribution in [2.75, 3.05) is 6.61 Å². The monoisotopic (exact) mass is 321 g/mol. The predicted octanol–water partition coefficient (Wildman–Crippen LogP) is 3.59. The smallest absolute Gasteiger partial charge is 0.306 e. The number of esters is 1. The summed E-state index contributed by atoms with van der Waals surface area (Å²) in [5.41, 5.74) is 0. The molecule has 0 aromatic carbocycles. The summed E-state index contributed by atoms with van der Waals surface area (Å²) in [7, 11) is 0. The van der Waals surface area contributed by atoms with Crippen molar-refractivity contribution in [2.45, 2.75) is 83.1 Å². The van der Waals surface area contributed by atoms with E-state index in [4.69, 9.17) is 4.74 Å². The van der Waals surface area contributed by atoms with E-state index in [1.165, 1.54) is 57.8 Å². The summed E-state index contributed by atoms with van der Waals surface area (Å²) < 4.78 is 5.22. The molecule has 3 aliphatic rings. The van der Waals surface area contributed by atoms with E-state index in [2.05, 4.69) is 5.32 Å². The second-order valence-corrected chi connectivity index (χ2v) is 7.91. The third kappa shape index (κ3) is 4.95. The molecule has 3 fully saturated rings. The van der Waals surface area contributed by atoms with E-state index in [9.17, 15) is 9.59 Å². The number of carbonyl (C=O) groups excluding carboxylic acids is 2. The topological polar surface area (TPSA) is 55.4 Å². The lowest BCUT2D eigenvalue weighted by molar-refractivity contribution is -0.150. The van der Waals surface area contributed by atoms with Crippen molar-refractivity contribution in [3.05, 3.63) is 0 Å². The third-order valence-electron chi connectivity index (χ3n) is 6.15. The zero-order valence-corrected chi connectivity index (χ0v) is 14.2. The quantitative estimate of drug-likeness (QED) is 0.787. The van der Waals surface area contributed by atoms with Gasteiger partial charge in [0.1, 0.15) is 0 Å². The maximum atomic E-state index is 12.0. The van der Waals surface area contributed by atoms with Crippen molar-refractivity contribution in [3.8, 4) is 0 Å². The number of rotatable bonds is 5. The highest BCUT2D eigenvalue weighted by molar-refractivity contribution is 5.80. The molecule has 4 heteroatoms. The molecule has 2 bridgehead atoms. The largest absolute Gasteiger partial charge is 0.456 e. The van der Waals surface area contributed by atoms with Gasteiger partial charge in [0.15, 0.2) is 6.61 Å². The highest BCUT2D eigenvalue weighted by Gasteiger charge is 2.40. The van der Waals surface area contributed by atoms with Crippen LogP contribution in [0, 0.1) is 17.8 Å². The van der Waals surface area contributed by atoms with Crippen LogP contribution in [0.2, 0.25) is 0 Å². The minimum Gasteiger partial charge on any atom is -0.456 e. The van der Waals surface area contributed by atoms with Crippen LogP contribution in [0.1, 0.15) is 77.0 Å². The number of ether oxygens (including phenoxy) is 1. The summed E-state index contributed by atoms with van der Waals surface area (Å²) >= 11 is 0. The van der Waals surface area contributed by atoms with Crippen molar-refractivity contribution in [2.24, 2.45) is 17.8 Å². The lowest BCUT2D eigenvalue weighted by Crippen LogP contribution is -2.38. The second-order valence-electron chi connectivity index (χ2n) is 7.91. The number of amides is 1. The molecule has 0 heterocycles. The van der Waals surface area contributed by atoms with Crippen LogP contribution in [0.25, 0.3) is 0 Å². The maximum Gasteiger partial charge on any atom is 0.306 e. The SMILES string of the molecule is O=C(COC(=O)C[C@@H]1C[C@@H]2CC[C@H]1C2)NC1CCCCCCC1. The van der Waals surface area contributed by atoms with Crippen LogP contribution in [-0.4, -0.2) is 24.5 Å². The van der Waals surface area contributed by atoms with Crippen LogP contribution in [0.5, 0.6) is 0 Å². The van der Waals surface area contributed by atoms with Gasteiger partial charge in [-0.2, -0.15) is 0 Å². The second kappa shape index (κ2) is 8.16. The predicted molar refractivity (Wildman–Crippen MR) is 88.8 cm³/mol. The summed E-state index contributed by atoms with van der Waals surface area (Å²) in [6, 6.07) is 0.270. The summed E-state index contributed by atoms with van der Waals surface area (Å²) in [6.45, 7) is -0.101. The molecule has 130 valence electrons. The van der Waals surface area contributed by atoms with E-state index in [1.807, 2.05) is 0 Å². The van der Waals surface area contributed by atoms with E-state index in [1.54, 1.807) is 0 Å². The zero-order chi connectivity index (χ0) is 16.1. The fraction of sp³-hybridized carbons (Fsp3) is 0.895. The van der Waals surface area contributed by atoms with Crippen molar-refractivity contribution in [3.63, 3.8) is 0 Å². The molecular weight excluding hydrogens is 290 g/mol. The van der Waals surface area contributed by atoms with Gasteiger partial charge < -0.3 is 10.1 Å². The highest BCUT2D eigenvalue weighted by atomic mass is 16.5. The number of fused-ring (bicyclic) bond motifs is 2. The molecule has 1 amide bonds. The first kappa shape index (κ1) is 16.8. The number of hydrogen-bond acceptors (Lipinski definition) is 3. The van der Waals surface area contributed by atoms with Gasteiger partial charge in [0, 0.05) is 12.5 Å². The highest BCUT2D eigenvalue weighted by Crippen LogP contribution is 2.49. The molecule has 23 heavy (non-hydrogen) atoms. The summed E-state index contributed by atoms with van der Waals surface area (Å²) in [5, 5.41) is 3.05. The Labute approximate surface area is 139 Å². The molecule has 3 rings (SSSR count). The lowest BCUT2D eigenvalue weighted by Gasteiger charge is -2.22. The number of nitrogens with one attached hydrogen (secondary N) is 1. The van der Waals surface area contributed by atoms with Crippen molar-refractivity contribution < 1.29 is 14.3 Å².